The van der Waals surface area contributed by atoms with Gasteiger partial charge in [-0.05, 0) is 43.5 Å². The van der Waals surface area contributed by atoms with E-state index in [4.69, 9.17) is 0 Å². The fourth-order valence-electron chi connectivity index (χ4n) is 3.01. The van der Waals surface area contributed by atoms with E-state index in [0.717, 1.165) is 28.9 Å². The van der Waals surface area contributed by atoms with Crippen molar-refractivity contribution in [3.05, 3.63) is 52.3 Å². The van der Waals surface area contributed by atoms with Crippen LogP contribution in [-0.4, -0.2) is 29.1 Å². The van der Waals surface area contributed by atoms with Crippen molar-refractivity contribution in [2.24, 2.45) is 0 Å². The number of benzene rings is 1. The van der Waals surface area contributed by atoms with E-state index in [2.05, 4.69) is 15.5 Å². The van der Waals surface area contributed by atoms with Gasteiger partial charge in [0.15, 0.2) is 0 Å². The number of likely N-dealkylation sites (N-methyl/N-ethyl adjacent to an activating group) is 1. The molecule has 2 amide bonds. The van der Waals surface area contributed by atoms with Crippen LogP contribution in [0.1, 0.15) is 52.8 Å². The molecule has 1 aliphatic rings. The molecular formula is C19H22N4O2. The van der Waals surface area contributed by atoms with Crippen molar-refractivity contribution in [1.29, 1.82) is 0 Å². The third-order valence-corrected chi connectivity index (χ3v) is 4.66. The van der Waals surface area contributed by atoms with E-state index in [1.54, 1.807) is 24.9 Å². The van der Waals surface area contributed by atoms with Crippen LogP contribution >= 0.6 is 0 Å². The third kappa shape index (κ3) is 3.24. The maximum atomic E-state index is 12.6. The molecule has 1 N–H and O–H groups in total. The zero-order chi connectivity index (χ0) is 18.1. The summed E-state index contributed by atoms with van der Waals surface area (Å²) in [4.78, 5) is 26.1. The van der Waals surface area contributed by atoms with Crippen molar-refractivity contribution < 1.29 is 9.59 Å². The predicted molar refractivity (Wildman–Crippen MR) is 95.6 cm³/mol. The molecule has 0 aliphatic carbocycles. The minimum absolute atomic E-state index is 0.0921. The average Bonchev–Trinajstić information content (AvgIpc) is 2.89. The number of amides is 2. The summed E-state index contributed by atoms with van der Waals surface area (Å²) in [5.74, 6) is -0.0716. The Bertz CT molecular complexity index is 847. The smallest absolute Gasteiger partial charge is 0.253 e. The minimum Gasteiger partial charge on any atom is -0.345 e. The van der Waals surface area contributed by atoms with Gasteiger partial charge in [-0.15, -0.1) is 0 Å². The van der Waals surface area contributed by atoms with Crippen LogP contribution in [0, 0.1) is 6.92 Å². The Kier molecular flexibility index (Phi) is 4.53. The van der Waals surface area contributed by atoms with Crippen molar-refractivity contribution in [2.45, 2.75) is 39.7 Å². The molecule has 1 aromatic carbocycles. The van der Waals surface area contributed by atoms with E-state index >= 15 is 0 Å². The monoisotopic (exact) mass is 338 g/mol. The van der Waals surface area contributed by atoms with Gasteiger partial charge in [-0.2, -0.15) is 10.2 Å². The highest BCUT2D eigenvalue weighted by Gasteiger charge is 2.25. The molecule has 130 valence electrons. The van der Waals surface area contributed by atoms with Crippen molar-refractivity contribution in [3.63, 3.8) is 0 Å². The molecule has 0 bridgehead atoms. The summed E-state index contributed by atoms with van der Waals surface area (Å²) in [5.41, 5.74) is 4.88. The first-order valence-corrected chi connectivity index (χ1v) is 8.44. The first-order valence-electron chi connectivity index (χ1n) is 8.44. The van der Waals surface area contributed by atoms with Crippen LogP contribution in [0.2, 0.25) is 0 Å². The maximum absolute atomic E-state index is 12.6. The van der Waals surface area contributed by atoms with Gasteiger partial charge in [-0.25, -0.2) is 0 Å². The first-order chi connectivity index (χ1) is 11.9. The van der Waals surface area contributed by atoms with Crippen LogP contribution < -0.4 is 10.2 Å². The Labute approximate surface area is 147 Å². The first kappa shape index (κ1) is 17.1. The van der Waals surface area contributed by atoms with E-state index in [-0.39, 0.29) is 17.9 Å². The van der Waals surface area contributed by atoms with Gasteiger partial charge in [0.25, 0.3) is 5.91 Å². The molecule has 3 rings (SSSR count). The second kappa shape index (κ2) is 6.63. The van der Waals surface area contributed by atoms with Crippen molar-refractivity contribution >= 4 is 17.5 Å². The number of nitrogens with zero attached hydrogens (tertiary/aromatic N) is 3. The van der Waals surface area contributed by atoms with E-state index < -0.39 is 0 Å². The summed E-state index contributed by atoms with van der Waals surface area (Å²) >= 11 is 0. The molecule has 0 spiro atoms. The van der Waals surface area contributed by atoms with Crippen LogP contribution in [0.4, 0.5) is 5.69 Å². The molecule has 0 saturated heterocycles. The molecule has 0 fully saturated rings. The predicted octanol–water partition coefficient (Wildman–Crippen LogP) is 2.36. The molecule has 6 nitrogen and oxygen atoms in total. The number of rotatable bonds is 4. The summed E-state index contributed by atoms with van der Waals surface area (Å²) in [7, 11) is 1.78. The summed E-state index contributed by atoms with van der Waals surface area (Å²) in [6.45, 7) is 5.69. The number of carbonyl (C=O) groups is 2. The highest BCUT2D eigenvalue weighted by molar-refractivity contribution is 6.01. The number of aromatic nitrogens is 2. The van der Waals surface area contributed by atoms with Gasteiger partial charge in [0, 0.05) is 12.7 Å². The van der Waals surface area contributed by atoms with Crippen LogP contribution in [-0.2, 0) is 17.6 Å². The molecule has 25 heavy (non-hydrogen) atoms. The van der Waals surface area contributed by atoms with Crippen molar-refractivity contribution in [1.82, 2.24) is 15.5 Å². The summed E-state index contributed by atoms with van der Waals surface area (Å²) < 4.78 is 0. The van der Waals surface area contributed by atoms with Gasteiger partial charge in [-0.1, -0.05) is 19.1 Å². The van der Waals surface area contributed by atoms with Crippen LogP contribution in [0.15, 0.2) is 24.3 Å². The fourth-order valence-corrected chi connectivity index (χ4v) is 3.01. The molecule has 2 heterocycles. The normalized spacial score (nSPS) is 14.4. The van der Waals surface area contributed by atoms with E-state index in [1.165, 1.54) is 0 Å². The van der Waals surface area contributed by atoms with Gasteiger partial charge < -0.3 is 10.2 Å². The number of hydrogen-bond donors (Lipinski definition) is 1. The number of carbonyl (C=O) groups excluding carboxylic acids is 2. The Hall–Kier alpha value is -2.76. The molecule has 1 atom stereocenters. The second-order valence-electron chi connectivity index (χ2n) is 6.40. The Morgan fingerprint density at radius 1 is 1.32 bits per heavy atom. The number of nitrogens with one attached hydrogen (secondary N) is 1. The lowest BCUT2D eigenvalue weighted by atomic mass is 10.0. The molecule has 2 aromatic rings. The Balaban J connectivity index is 1.79. The van der Waals surface area contributed by atoms with E-state index in [9.17, 15) is 9.59 Å². The standard InChI is InChI=1S/C19H22N4O2/c1-5-15-10-16(12(3)21-22-15)19(25)20-11(2)13-6-7-17-14(8-13)9-18(24)23(17)4/h6-8,10-11H,5,9H2,1-4H3,(H,20,25). The molecule has 1 aliphatic heterocycles. The SMILES string of the molecule is CCc1cc(C(=O)NC(C)c2ccc3c(c2)CC(=O)N3C)c(C)nn1. The molecule has 0 saturated carbocycles. The molecule has 6 heteroatoms. The van der Waals surface area contributed by atoms with Gasteiger partial charge in [0.05, 0.1) is 29.4 Å². The van der Waals surface area contributed by atoms with Gasteiger partial charge in [0.1, 0.15) is 0 Å². The molecule has 1 unspecified atom stereocenters. The Morgan fingerprint density at radius 2 is 2.08 bits per heavy atom. The number of fused-ring (bicyclic) bond motifs is 1. The second-order valence-corrected chi connectivity index (χ2v) is 6.40. The number of hydrogen-bond acceptors (Lipinski definition) is 4. The summed E-state index contributed by atoms with van der Waals surface area (Å²) in [6, 6.07) is 7.51. The maximum Gasteiger partial charge on any atom is 0.253 e. The average molecular weight is 338 g/mol. The highest BCUT2D eigenvalue weighted by atomic mass is 16.2. The van der Waals surface area contributed by atoms with Crippen LogP contribution in [0.5, 0.6) is 0 Å². The third-order valence-electron chi connectivity index (χ3n) is 4.66. The largest absolute Gasteiger partial charge is 0.345 e. The molecule has 0 radical (unpaired) electrons. The number of anilines is 1. The number of aryl methyl sites for hydroxylation is 2. The quantitative estimate of drug-likeness (QED) is 0.928. The lowest BCUT2D eigenvalue weighted by molar-refractivity contribution is -0.117. The fraction of sp³-hybridized carbons (Fsp3) is 0.368. The van der Waals surface area contributed by atoms with Crippen LogP contribution in [0.25, 0.3) is 0 Å². The van der Waals surface area contributed by atoms with Crippen LogP contribution in [0.3, 0.4) is 0 Å². The lowest BCUT2D eigenvalue weighted by Gasteiger charge is -2.17. The zero-order valence-corrected chi connectivity index (χ0v) is 15.0. The summed E-state index contributed by atoms with van der Waals surface area (Å²) in [6.07, 6.45) is 1.14. The topological polar surface area (TPSA) is 75.2 Å². The molecular weight excluding hydrogens is 316 g/mol. The van der Waals surface area contributed by atoms with E-state index in [1.807, 2.05) is 32.0 Å². The van der Waals surface area contributed by atoms with E-state index in [0.29, 0.717) is 17.7 Å². The molecule has 1 aromatic heterocycles. The zero-order valence-electron chi connectivity index (χ0n) is 15.0. The van der Waals surface area contributed by atoms with Gasteiger partial charge in [-0.3, -0.25) is 9.59 Å². The van der Waals surface area contributed by atoms with Crippen molar-refractivity contribution in [3.8, 4) is 0 Å². The Morgan fingerprint density at radius 3 is 2.80 bits per heavy atom. The van der Waals surface area contributed by atoms with Gasteiger partial charge >= 0.3 is 0 Å². The highest BCUT2D eigenvalue weighted by Crippen LogP contribution is 2.30. The van der Waals surface area contributed by atoms with Gasteiger partial charge in [0.2, 0.25) is 5.91 Å². The lowest BCUT2D eigenvalue weighted by Crippen LogP contribution is -2.28. The minimum atomic E-state index is -0.170. The van der Waals surface area contributed by atoms with Crippen molar-refractivity contribution in [2.75, 3.05) is 11.9 Å². The summed E-state index contributed by atoms with van der Waals surface area (Å²) in [5, 5.41) is 11.1.